The minimum absolute atomic E-state index is 0.0592. The van der Waals surface area contributed by atoms with Crippen molar-refractivity contribution in [3.63, 3.8) is 0 Å². The molecule has 5 aromatic rings. The van der Waals surface area contributed by atoms with Crippen LogP contribution in [0.25, 0.3) is 28.2 Å². The van der Waals surface area contributed by atoms with Gasteiger partial charge in [-0.05, 0) is 52.4 Å². The van der Waals surface area contributed by atoms with Crippen LogP contribution < -0.4 is 0 Å². The number of rotatable bonds is 6. The SMILES string of the molecule is CC(C)(C)c1ccc(N=Cc2cc(-c3ccccc3)n(-c3ccc([N+](=O)[O-])cc3)c2-c2ccccc2)cc1. The van der Waals surface area contributed by atoms with E-state index in [0.29, 0.717) is 0 Å². The predicted octanol–water partition coefficient (Wildman–Crippen LogP) is 8.77. The third-order valence-corrected chi connectivity index (χ3v) is 6.55. The third-order valence-electron chi connectivity index (χ3n) is 6.55. The Hall–Kier alpha value is -4.77. The van der Waals surface area contributed by atoms with Gasteiger partial charge in [0.05, 0.1) is 22.0 Å². The first kappa shape index (κ1) is 24.9. The molecular formula is C33H29N3O2. The van der Waals surface area contributed by atoms with E-state index in [1.807, 2.05) is 54.7 Å². The zero-order chi connectivity index (χ0) is 26.7. The quantitative estimate of drug-likeness (QED) is 0.133. The summed E-state index contributed by atoms with van der Waals surface area (Å²) in [4.78, 5) is 15.8. The number of hydrogen-bond donors (Lipinski definition) is 0. The van der Waals surface area contributed by atoms with Gasteiger partial charge in [0.15, 0.2) is 0 Å². The van der Waals surface area contributed by atoms with Crippen LogP contribution in [0.15, 0.2) is 120 Å². The number of nitro benzene ring substituents is 1. The molecule has 0 bridgehead atoms. The van der Waals surface area contributed by atoms with E-state index in [9.17, 15) is 10.1 Å². The van der Waals surface area contributed by atoms with Crippen LogP contribution in [0.3, 0.4) is 0 Å². The lowest BCUT2D eigenvalue weighted by Gasteiger charge is -2.18. The molecule has 0 fully saturated rings. The zero-order valence-electron chi connectivity index (χ0n) is 21.7. The Bertz CT molecular complexity index is 1580. The molecule has 5 nitrogen and oxygen atoms in total. The fourth-order valence-electron chi connectivity index (χ4n) is 4.52. The molecule has 1 heterocycles. The van der Waals surface area contributed by atoms with Gasteiger partial charge in [-0.3, -0.25) is 15.1 Å². The number of aromatic nitrogens is 1. The van der Waals surface area contributed by atoms with Crippen LogP contribution in [0.2, 0.25) is 0 Å². The molecule has 38 heavy (non-hydrogen) atoms. The van der Waals surface area contributed by atoms with E-state index in [0.717, 1.165) is 39.5 Å². The van der Waals surface area contributed by atoms with E-state index in [4.69, 9.17) is 4.99 Å². The van der Waals surface area contributed by atoms with Crippen LogP contribution in [-0.4, -0.2) is 15.7 Å². The van der Waals surface area contributed by atoms with Gasteiger partial charge < -0.3 is 4.57 Å². The largest absolute Gasteiger partial charge is 0.309 e. The maximum absolute atomic E-state index is 11.3. The van der Waals surface area contributed by atoms with Crippen LogP contribution in [0, 0.1) is 10.1 Å². The molecule has 5 heteroatoms. The van der Waals surface area contributed by atoms with E-state index in [1.165, 1.54) is 5.56 Å². The molecule has 5 rings (SSSR count). The summed E-state index contributed by atoms with van der Waals surface area (Å²) < 4.78 is 2.15. The van der Waals surface area contributed by atoms with Gasteiger partial charge in [0.2, 0.25) is 0 Å². The molecule has 0 aliphatic carbocycles. The Morgan fingerprint density at radius 2 is 1.34 bits per heavy atom. The Morgan fingerprint density at radius 1 is 0.763 bits per heavy atom. The van der Waals surface area contributed by atoms with Crippen molar-refractivity contribution < 1.29 is 4.92 Å². The molecule has 188 valence electrons. The number of nitro groups is 1. The predicted molar refractivity (Wildman–Crippen MR) is 156 cm³/mol. The molecule has 0 radical (unpaired) electrons. The number of nitrogens with zero attached hydrogens (tertiary/aromatic N) is 3. The normalized spacial score (nSPS) is 11.7. The molecule has 0 saturated carbocycles. The number of hydrogen-bond acceptors (Lipinski definition) is 3. The highest BCUT2D eigenvalue weighted by Crippen LogP contribution is 2.36. The highest BCUT2D eigenvalue weighted by Gasteiger charge is 2.19. The first-order valence-corrected chi connectivity index (χ1v) is 12.6. The second-order valence-electron chi connectivity index (χ2n) is 10.2. The third kappa shape index (κ3) is 5.18. The van der Waals surface area contributed by atoms with E-state index in [1.54, 1.807) is 24.3 Å². The van der Waals surface area contributed by atoms with Crippen molar-refractivity contribution in [1.29, 1.82) is 0 Å². The molecular weight excluding hydrogens is 470 g/mol. The van der Waals surface area contributed by atoms with Gasteiger partial charge in [-0.1, -0.05) is 93.6 Å². The van der Waals surface area contributed by atoms with Crippen LogP contribution in [0.5, 0.6) is 0 Å². The maximum Gasteiger partial charge on any atom is 0.269 e. The summed E-state index contributed by atoms with van der Waals surface area (Å²) in [6.45, 7) is 6.59. The summed E-state index contributed by atoms with van der Waals surface area (Å²) in [5.74, 6) is 0. The Labute approximate surface area is 222 Å². The van der Waals surface area contributed by atoms with E-state index < -0.39 is 0 Å². The van der Waals surface area contributed by atoms with Gasteiger partial charge in [-0.25, -0.2) is 0 Å². The number of aliphatic imine (C=N–C) groups is 1. The first-order valence-electron chi connectivity index (χ1n) is 12.6. The standard InChI is InChI=1S/C33H29N3O2/c1-33(2,3)27-14-16-28(17-15-27)34-23-26-22-31(24-10-6-4-7-11-24)35(32(26)25-12-8-5-9-13-25)29-18-20-30(21-19-29)36(37)38/h4-23H,1-3H3. The van der Waals surface area contributed by atoms with Crippen LogP contribution in [0.4, 0.5) is 11.4 Å². The van der Waals surface area contributed by atoms with Crippen molar-refractivity contribution in [3.8, 4) is 28.2 Å². The lowest BCUT2D eigenvalue weighted by molar-refractivity contribution is -0.384. The van der Waals surface area contributed by atoms with Crippen LogP contribution in [-0.2, 0) is 5.41 Å². The summed E-state index contributed by atoms with van der Waals surface area (Å²) in [7, 11) is 0. The first-order chi connectivity index (χ1) is 18.3. The lowest BCUT2D eigenvalue weighted by Crippen LogP contribution is -2.10. The molecule has 0 N–H and O–H groups in total. The minimum Gasteiger partial charge on any atom is -0.309 e. The Kier molecular flexibility index (Phi) is 6.75. The molecule has 0 aliphatic rings. The maximum atomic E-state index is 11.3. The van der Waals surface area contributed by atoms with Gasteiger partial charge in [0.25, 0.3) is 5.69 Å². The van der Waals surface area contributed by atoms with Crippen LogP contribution in [0.1, 0.15) is 31.9 Å². The summed E-state index contributed by atoms with van der Waals surface area (Å²) in [5, 5.41) is 11.3. The average molecular weight is 500 g/mol. The number of benzene rings is 4. The minimum atomic E-state index is -0.376. The molecule has 0 aliphatic heterocycles. The summed E-state index contributed by atoms with van der Waals surface area (Å²) >= 11 is 0. The van der Waals surface area contributed by atoms with Crippen LogP contribution >= 0.6 is 0 Å². The molecule has 0 spiro atoms. The van der Waals surface area contributed by atoms with Crippen molar-refractivity contribution in [2.75, 3.05) is 0 Å². The van der Waals surface area contributed by atoms with Crippen molar-refractivity contribution in [2.24, 2.45) is 4.99 Å². The fourth-order valence-corrected chi connectivity index (χ4v) is 4.52. The van der Waals surface area contributed by atoms with Gasteiger partial charge in [-0.15, -0.1) is 0 Å². The molecule has 0 atom stereocenters. The summed E-state index contributed by atoms with van der Waals surface area (Å²) in [6, 6.07) is 37.5. The number of non-ortho nitro benzene ring substituents is 1. The van der Waals surface area contributed by atoms with Gasteiger partial charge >= 0.3 is 0 Å². The van der Waals surface area contributed by atoms with Crippen molar-refractivity contribution in [3.05, 3.63) is 137 Å². The van der Waals surface area contributed by atoms with Gasteiger partial charge in [0.1, 0.15) is 0 Å². The zero-order valence-corrected chi connectivity index (χ0v) is 21.7. The second-order valence-corrected chi connectivity index (χ2v) is 10.2. The molecule has 4 aromatic carbocycles. The molecule has 1 aromatic heterocycles. The highest BCUT2D eigenvalue weighted by molar-refractivity contribution is 5.94. The fraction of sp³-hybridized carbons (Fsp3) is 0.121. The van der Waals surface area contributed by atoms with Gasteiger partial charge in [-0.2, -0.15) is 0 Å². The van der Waals surface area contributed by atoms with Crippen molar-refractivity contribution in [1.82, 2.24) is 4.57 Å². The molecule has 0 unspecified atom stereocenters. The van der Waals surface area contributed by atoms with E-state index >= 15 is 0 Å². The molecule has 0 amide bonds. The Balaban J connectivity index is 1.70. The van der Waals surface area contributed by atoms with Crippen molar-refractivity contribution >= 4 is 17.6 Å². The lowest BCUT2D eigenvalue weighted by atomic mass is 9.87. The Morgan fingerprint density at radius 3 is 1.89 bits per heavy atom. The summed E-state index contributed by atoms with van der Waals surface area (Å²) in [5.41, 5.74) is 8.07. The van der Waals surface area contributed by atoms with Crippen molar-refractivity contribution in [2.45, 2.75) is 26.2 Å². The molecule has 0 saturated heterocycles. The highest BCUT2D eigenvalue weighted by atomic mass is 16.6. The monoisotopic (exact) mass is 499 g/mol. The average Bonchev–Trinajstić information content (AvgIpc) is 3.32. The topological polar surface area (TPSA) is 60.4 Å². The smallest absolute Gasteiger partial charge is 0.269 e. The second kappa shape index (κ2) is 10.3. The van der Waals surface area contributed by atoms with Gasteiger partial charge in [0, 0.05) is 29.6 Å². The van der Waals surface area contributed by atoms with E-state index in [-0.39, 0.29) is 16.0 Å². The summed E-state index contributed by atoms with van der Waals surface area (Å²) in [6.07, 6.45) is 1.91. The van der Waals surface area contributed by atoms with E-state index in [2.05, 4.69) is 67.8 Å².